The minimum Gasteiger partial charge on any atom is -0.391 e. The summed E-state index contributed by atoms with van der Waals surface area (Å²) < 4.78 is 0. The number of aliphatic hydroxyl groups is 1. The molecule has 4 nitrogen and oxygen atoms in total. The quantitative estimate of drug-likeness (QED) is 0.727. The highest BCUT2D eigenvalue weighted by Gasteiger charge is 2.20. The predicted molar refractivity (Wildman–Crippen MR) is 79.1 cm³/mol. The molecule has 1 heterocycles. The van der Waals surface area contributed by atoms with Gasteiger partial charge in [0.15, 0.2) is 0 Å². The van der Waals surface area contributed by atoms with Crippen LogP contribution in [-0.2, 0) is 11.2 Å². The highest BCUT2D eigenvalue weighted by Crippen LogP contribution is 2.07. The predicted octanol–water partition coefficient (Wildman–Crippen LogP) is 1.05. The van der Waals surface area contributed by atoms with Crippen molar-refractivity contribution in [3.8, 4) is 0 Å². The minimum absolute atomic E-state index is 0.0535. The number of carbonyl (C=O) groups is 1. The summed E-state index contributed by atoms with van der Waals surface area (Å²) in [5, 5.41) is 16.0. The maximum Gasteiger partial charge on any atom is 0.237 e. The van der Waals surface area contributed by atoms with Crippen LogP contribution in [0.15, 0.2) is 30.3 Å². The van der Waals surface area contributed by atoms with Gasteiger partial charge in [-0.2, -0.15) is 0 Å². The molecular formula is C16H23N2O2. The van der Waals surface area contributed by atoms with Crippen LogP contribution in [-0.4, -0.2) is 36.2 Å². The highest BCUT2D eigenvalue weighted by molar-refractivity contribution is 5.81. The van der Waals surface area contributed by atoms with Crippen molar-refractivity contribution in [2.24, 2.45) is 0 Å². The number of amides is 1. The van der Waals surface area contributed by atoms with Gasteiger partial charge in [0, 0.05) is 13.1 Å². The van der Waals surface area contributed by atoms with E-state index in [0.717, 1.165) is 32.2 Å². The molecule has 1 amide bonds. The molecule has 109 valence electrons. The molecule has 3 N–H and O–H groups in total. The lowest BCUT2D eigenvalue weighted by atomic mass is 10.1. The van der Waals surface area contributed by atoms with Crippen LogP contribution in [0.1, 0.15) is 24.8 Å². The number of aliphatic hydroxyl groups excluding tert-OH is 1. The Balaban J connectivity index is 1.69. The number of carbonyl (C=O) groups excluding carboxylic acids is 1. The summed E-state index contributed by atoms with van der Waals surface area (Å²) in [6.07, 6.45) is 4.99. The van der Waals surface area contributed by atoms with E-state index in [9.17, 15) is 9.90 Å². The second kappa shape index (κ2) is 8.02. The summed E-state index contributed by atoms with van der Waals surface area (Å²) in [5.41, 5.74) is 1.18. The first-order chi connectivity index (χ1) is 9.75. The van der Waals surface area contributed by atoms with Crippen molar-refractivity contribution < 1.29 is 9.90 Å². The van der Waals surface area contributed by atoms with Gasteiger partial charge in [-0.1, -0.05) is 30.3 Å². The molecule has 0 aliphatic carbocycles. The topological polar surface area (TPSA) is 61.4 Å². The van der Waals surface area contributed by atoms with E-state index in [1.165, 1.54) is 5.56 Å². The van der Waals surface area contributed by atoms with Crippen molar-refractivity contribution in [1.29, 1.82) is 0 Å². The molecule has 0 aromatic heterocycles. The fourth-order valence-electron chi connectivity index (χ4n) is 2.37. The van der Waals surface area contributed by atoms with E-state index in [1.807, 2.05) is 36.8 Å². The van der Waals surface area contributed by atoms with Gasteiger partial charge in [-0.25, -0.2) is 0 Å². The molecular weight excluding hydrogens is 252 g/mol. The first kappa shape index (κ1) is 15.0. The molecule has 2 atom stereocenters. The lowest BCUT2D eigenvalue weighted by Crippen LogP contribution is -2.45. The number of hydrogen-bond donors (Lipinski definition) is 3. The average Bonchev–Trinajstić information content (AvgIpc) is 2.68. The lowest BCUT2D eigenvalue weighted by Gasteiger charge is -2.18. The second-order valence-corrected chi connectivity index (χ2v) is 5.24. The molecule has 2 rings (SSSR count). The van der Waals surface area contributed by atoms with Gasteiger partial charge in [-0.15, -0.1) is 0 Å². The summed E-state index contributed by atoms with van der Waals surface area (Å²) in [6, 6.07) is 9.86. The molecule has 0 bridgehead atoms. The maximum atomic E-state index is 11.7. The largest absolute Gasteiger partial charge is 0.391 e. The zero-order chi connectivity index (χ0) is 14.2. The molecule has 1 radical (unpaired) electrons. The molecule has 1 aliphatic heterocycles. The molecule has 1 fully saturated rings. The average molecular weight is 275 g/mol. The van der Waals surface area contributed by atoms with Gasteiger partial charge in [-0.3, -0.25) is 4.79 Å². The Kier molecular flexibility index (Phi) is 6.02. The Bertz CT molecular complexity index is 408. The summed E-state index contributed by atoms with van der Waals surface area (Å²) >= 11 is 0. The Morgan fingerprint density at radius 1 is 1.35 bits per heavy atom. The van der Waals surface area contributed by atoms with Crippen molar-refractivity contribution in [3.05, 3.63) is 42.3 Å². The summed E-state index contributed by atoms with van der Waals surface area (Å²) in [7, 11) is 0. The van der Waals surface area contributed by atoms with Crippen molar-refractivity contribution >= 4 is 5.91 Å². The van der Waals surface area contributed by atoms with Gasteiger partial charge in [-0.05, 0) is 37.7 Å². The van der Waals surface area contributed by atoms with E-state index in [4.69, 9.17) is 0 Å². The number of benzene rings is 1. The van der Waals surface area contributed by atoms with Crippen LogP contribution in [0.4, 0.5) is 0 Å². The Morgan fingerprint density at radius 3 is 2.95 bits per heavy atom. The molecule has 0 spiro atoms. The SMILES string of the molecule is O=C1NCCCCC1NC[C@H](O)[CH]Cc1ccccc1. The van der Waals surface area contributed by atoms with Gasteiger partial charge >= 0.3 is 0 Å². The Labute approximate surface area is 120 Å². The fourth-order valence-corrected chi connectivity index (χ4v) is 2.37. The molecule has 0 saturated carbocycles. The Hall–Kier alpha value is -1.39. The van der Waals surface area contributed by atoms with E-state index in [-0.39, 0.29) is 11.9 Å². The van der Waals surface area contributed by atoms with Crippen LogP contribution in [0.2, 0.25) is 0 Å². The zero-order valence-corrected chi connectivity index (χ0v) is 11.7. The third kappa shape index (κ3) is 4.94. The second-order valence-electron chi connectivity index (χ2n) is 5.24. The monoisotopic (exact) mass is 275 g/mol. The molecule has 1 aliphatic rings. The maximum absolute atomic E-state index is 11.7. The van der Waals surface area contributed by atoms with Gasteiger partial charge in [0.25, 0.3) is 0 Å². The van der Waals surface area contributed by atoms with Crippen LogP contribution in [0.25, 0.3) is 0 Å². The van der Waals surface area contributed by atoms with Crippen LogP contribution in [0, 0.1) is 6.42 Å². The van der Waals surface area contributed by atoms with Crippen LogP contribution >= 0.6 is 0 Å². The fraction of sp³-hybridized carbons (Fsp3) is 0.500. The highest BCUT2D eigenvalue weighted by atomic mass is 16.3. The van der Waals surface area contributed by atoms with Gasteiger partial charge in [0.2, 0.25) is 5.91 Å². The van der Waals surface area contributed by atoms with Crippen molar-refractivity contribution in [2.75, 3.05) is 13.1 Å². The first-order valence-corrected chi connectivity index (χ1v) is 7.32. The lowest BCUT2D eigenvalue weighted by molar-refractivity contribution is -0.122. The first-order valence-electron chi connectivity index (χ1n) is 7.32. The molecule has 4 heteroatoms. The number of rotatable bonds is 6. The van der Waals surface area contributed by atoms with Crippen LogP contribution in [0.5, 0.6) is 0 Å². The van der Waals surface area contributed by atoms with E-state index < -0.39 is 6.10 Å². The summed E-state index contributed by atoms with van der Waals surface area (Å²) in [5.74, 6) is 0.0535. The molecule has 1 aromatic carbocycles. The van der Waals surface area contributed by atoms with Gasteiger partial charge in [0.05, 0.1) is 12.1 Å². The zero-order valence-electron chi connectivity index (χ0n) is 11.7. The standard InChI is InChI=1S/C16H23N2O2/c19-14(10-9-13-6-2-1-3-7-13)12-18-15-8-4-5-11-17-16(15)20/h1-3,6-7,10,14-15,18-19H,4-5,8-9,11-12H2,(H,17,20)/t14-,15?/m1/s1. The van der Waals surface area contributed by atoms with E-state index in [1.54, 1.807) is 0 Å². The van der Waals surface area contributed by atoms with E-state index >= 15 is 0 Å². The van der Waals surface area contributed by atoms with Crippen molar-refractivity contribution in [1.82, 2.24) is 10.6 Å². The van der Waals surface area contributed by atoms with E-state index in [0.29, 0.717) is 6.54 Å². The van der Waals surface area contributed by atoms with Crippen LogP contribution < -0.4 is 10.6 Å². The van der Waals surface area contributed by atoms with Crippen molar-refractivity contribution in [3.63, 3.8) is 0 Å². The smallest absolute Gasteiger partial charge is 0.237 e. The third-order valence-corrected chi connectivity index (χ3v) is 3.58. The molecule has 1 unspecified atom stereocenters. The van der Waals surface area contributed by atoms with E-state index in [2.05, 4.69) is 10.6 Å². The number of nitrogens with one attached hydrogen (secondary N) is 2. The molecule has 20 heavy (non-hydrogen) atoms. The normalized spacial score (nSPS) is 21.1. The van der Waals surface area contributed by atoms with Gasteiger partial charge in [0.1, 0.15) is 0 Å². The third-order valence-electron chi connectivity index (χ3n) is 3.58. The minimum atomic E-state index is -0.536. The molecule has 1 aromatic rings. The van der Waals surface area contributed by atoms with Crippen LogP contribution in [0.3, 0.4) is 0 Å². The van der Waals surface area contributed by atoms with Crippen molar-refractivity contribution in [2.45, 2.75) is 37.8 Å². The summed E-state index contributed by atoms with van der Waals surface area (Å²) in [6.45, 7) is 1.19. The molecule has 1 saturated heterocycles. The Morgan fingerprint density at radius 2 is 2.15 bits per heavy atom. The summed E-state index contributed by atoms with van der Waals surface area (Å²) in [4.78, 5) is 11.7. The number of hydrogen-bond acceptors (Lipinski definition) is 3. The van der Waals surface area contributed by atoms with Gasteiger partial charge < -0.3 is 15.7 Å².